The molecule has 0 aliphatic rings. The van der Waals surface area contributed by atoms with Crippen molar-refractivity contribution in [1.29, 1.82) is 0 Å². The van der Waals surface area contributed by atoms with Gasteiger partial charge >= 0.3 is 57.2 Å². The monoisotopic (exact) mass is 223 g/mol. The molecule has 0 aliphatic carbocycles. The zero-order chi connectivity index (χ0) is 7.15. The molecule has 0 atom stereocenters. The Morgan fingerprint density at radius 1 is 1.10 bits per heavy atom. The predicted octanol–water partition coefficient (Wildman–Crippen LogP) is -6.78. The van der Waals surface area contributed by atoms with Crippen LogP contribution in [0.25, 0.3) is 0 Å². The van der Waals surface area contributed by atoms with Crippen LogP contribution in [-0.2, 0) is 19.5 Å². The van der Waals surface area contributed by atoms with Crippen LogP contribution in [0, 0.1) is 0 Å². The number of carbonyl (C=O) groups excluding carboxylic acids is 1. The molecule has 9 heteroatoms. The van der Waals surface area contributed by atoms with Gasteiger partial charge in [-0.2, -0.15) is 0 Å². The van der Waals surface area contributed by atoms with Gasteiger partial charge in [0.25, 0.3) is 0 Å². The van der Waals surface area contributed by atoms with Gasteiger partial charge in [-0.1, -0.05) is 0 Å². The van der Waals surface area contributed by atoms with E-state index in [0.717, 1.165) is 0 Å². The Balaban J connectivity index is -0.0000000300. The Labute approximate surface area is 99.8 Å². The number of carbonyl (C=O) groups is 1. The minimum atomic E-state index is -2.92. The van der Waals surface area contributed by atoms with Crippen LogP contribution in [-0.4, -0.2) is 51.2 Å². The maximum atomic E-state index is 8.42. The van der Waals surface area contributed by atoms with Crippen molar-refractivity contribution < 1.29 is 49.6 Å². The fraction of sp³-hybridized carbons (Fsp3) is 0. The predicted molar refractivity (Wildman–Crippen MR) is 16.9 cm³/mol. The van der Waals surface area contributed by atoms with Crippen molar-refractivity contribution >= 4 is 51.2 Å². The molecule has 0 radical (unpaired) electrons. The van der Waals surface area contributed by atoms with E-state index in [-0.39, 0.29) is 57.2 Å². The summed E-state index contributed by atoms with van der Waals surface area (Å²) < 4.78 is 0. The van der Waals surface area contributed by atoms with Gasteiger partial charge in [-0.3, -0.25) is 7.32 Å². The molecule has 0 heterocycles. The fourth-order valence-electron chi connectivity index (χ4n) is 0. The average molecular weight is 224 g/mol. The summed E-state index contributed by atoms with van der Waals surface area (Å²) in [6.07, 6.45) is -2.33. The molecule has 0 spiro atoms. The van der Waals surface area contributed by atoms with Crippen molar-refractivity contribution in [2.45, 2.75) is 0 Å². The summed E-state index contributed by atoms with van der Waals surface area (Å²) in [5.74, 6) is 0. The van der Waals surface area contributed by atoms with Gasteiger partial charge in [0.2, 0.25) is 0 Å². The molecule has 0 aromatic heterocycles. The number of rotatable bonds is 0. The van der Waals surface area contributed by atoms with Crippen molar-refractivity contribution in [3.05, 3.63) is 0 Å². The molecular weight excluding hydrogens is 224 g/mol. The van der Waals surface area contributed by atoms with Gasteiger partial charge < -0.3 is 30.1 Å². The summed E-state index contributed by atoms with van der Waals surface area (Å²) in [6.45, 7) is 0. The molecule has 0 amide bonds. The van der Waals surface area contributed by atoms with Gasteiger partial charge in [-0.25, -0.2) is 0 Å². The molecule has 0 saturated heterocycles. The van der Waals surface area contributed by atoms with Gasteiger partial charge in [-0.05, 0) is 6.16 Å². The summed E-state index contributed by atoms with van der Waals surface area (Å²) in [6, 6.07) is 0. The molecule has 0 N–H and O–H groups in total. The quantitative estimate of drug-likeness (QED) is 0.375. The topological polar surface area (TPSA) is 132 Å². The molecule has 0 saturated carbocycles. The second kappa shape index (κ2) is 16.6. The van der Waals surface area contributed by atoms with Crippen LogP contribution in [0.4, 0.5) is 4.79 Å². The normalized spacial score (nSPS) is 5.10. The third-order valence-corrected chi connectivity index (χ3v) is 0. The molecule has 0 fully saturated rings. The van der Waals surface area contributed by atoms with E-state index in [1.807, 2.05) is 0 Å². The van der Waals surface area contributed by atoms with Crippen LogP contribution in [0.1, 0.15) is 0 Å². The van der Waals surface area contributed by atoms with E-state index in [1.54, 1.807) is 0 Å². The third-order valence-electron chi connectivity index (χ3n) is 0. The third kappa shape index (κ3) is 495. The van der Waals surface area contributed by atoms with Gasteiger partial charge in [0.05, 0.1) is 0 Å². The van der Waals surface area contributed by atoms with E-state index < -0.39 is 13.5 Å². The average Bonchev–Trinajstić information content (AvgIpc) is 1.25. The maximum absolute atomic E-state index is 8.42. The Morgan fingerprint density at radius 3 is 1.10 bits per heavy atom. The fourth-order valence-corrected chi connectivity index (χ4v) is 0. The number of hydrogen-bond acceptors (Lipinski definition) is 6. The Morgan fingerprint density at radius 2 is 1.10 bits per heavy atom. The molecule has 0 aliphatic heterocycles. The molecule has 0 aromatic carbocycles. The summed E-state index contributed by atoms with van der Waals surface area (Å²) in [4.78, 5) is 8.33. The first-order chi connectivity index (χ1) is 3.46. The van der Waals surface area contributed by atoms with E-state index in [4.69, 9.17) is 30.1 Å². The maximum Gasteiger partial charge on any atom is 2.00 e. The van der Waals surface area contributed by atoms with Crippen LogP contribution in [0.2, 0.25) is 0 Å². The standard InChI is InChI=1S/CH2O3.BO3.Ca.Zn/c2*2-1(3)4;;/h(H2,2,3,4);;;/q;-3;2*+2/p-2. The van der Waals surface area contributed by atoms with Gasteiger partial charge in [0.1, 0.15) is 0 Å². The van der Waals surface area contributed by atoms with E-state index in [2.05, 4.69) is 0 Å². The van der Waals surface area contributed by atoms with Gasteiger partial charge in [0, 0.05) is 0 Å². The van der Waals surface area contributed by atoms with Crippen LogP contribution in [0.5, 0.6) is 0 Å². The van der Waals surface area contributed by atoms with Crippen molar-refractivity contribution in [3.63, 3.8) is 0 Å². The van der Waals surface area contributed by atoms with Crippen LogP contribution in [0.15, 0.2) is 0 Å². The number of carboxylic acid groups (broad SMARTS) is 2. The molecule has 0 rings (SSSR count). The van der Waals surface area contributed by atoms with E-state index in [9.17, 15) is 0 Å². The van der Waals surface area contributed by atoms with E-state index in [0.29, 0.717) is 0 Å². The summed E-state index contributed by atoms with van der Waals surface area (Å²) in [5.41, 5.74) is 0. The van der Waals surface area contributed by atoms with Crippen molar-refractivity contribution in [2.75, 3.05) is 0 Å². The summed E-state index contributed by atoms with van der Waals surface area (Å²) in [5, 5.41) is 41.9. The van der Waals surface area contributed by atoms with Gasteiger partial charge in [0.15, 0.2) is 0 Å². The first kappa shape index (κ1) is 22.5. The van der Waals surface area contributed by atoms with Crippen molar-refractivity contribution in [1.82, 2.24) is 0 Å². The summed E-state index contributed by atoms with van der Waals surface area (Å²) >= 11 is 0. The zero-order valence-corrected chi connectivity index (χ0v) is 10.1. The van der Waals surface area contributed by atoms with Gasteiger partial charge in [-0.15, -0.1) is 0 Å². The molecule has 0 bridgehead atoms. The molecule has 6 nitrogen and oxygen atoms in total. The Hall–Kier alpha value is 1.10. The minimum Gasteiger partial charge on any atom is -0.907 e. The minimum absolute atomic E-state index is 0. The molecule has 48 valence electrons. The van der Waals surface area contributed by atoms with Crippen LogP contribution < -0.4 is 25.3 Å². The molecular formula is CBCaO6Zn-. The van der Waals surface area contributed by atoms with Crippen molar-refractivity contribution in [3.8, 4) is 0 Å². The van der Waals surface area contributed by atoms with Crippen LogP contribution in [0.3, 0.4) is 0 Å². The smallest absolute Gasteiger partial charge is 0.907 e. The number of hydrogen-bond donors (Lipinski definition) is 0. The molecule has 0 unspecified atom stereocenters. The van der Waals surface area contributed by atoms with Crippen LogP contribution >= 0.6 is 0 Å². The molecule has 10 heavy (non-hydrogen) atoms. The summed E-state index contributed by atoms with van der Waals surface area (Å²) in [7, 11) is -2.92. The second-order valence-electron chi connectivity index (χ2n) is 0.539. The second-order valence-corrected chi connectivity index (χ2v) is 0.539. The van der Waals surface area contributed by atoms with E-state index in [1.165, 1.54) is 0 Å². The SMILES string of the molecule is O=C([O-])[O-].[Ca+2].[O-]B([O-])[O-].[Zn+2]. The zero-order valence-electron chi connectivity index (χ0n) is 4.94. The Bertz CT molecular complexity index is 62.0. The first-order valence-electron chi connectivity index (χ1n) is 1.32. The van der Waals surface area contributed by atoms with E-state index >= 15 is 0 Å². The van der Waals surface area contributed by atoms with Crippen molar-refractivity contribution in [2.24, 2.45) is 0 Å². The molecule has 0 aromatic rings. The largest absolute Gasteiger partial charge is 2.00 e. The first-order valence-corrected chi connectivity index (χ1v) is 1.32. The Kier molecular flexibility index (Phi) is 37.3.